The second-order valence-corrected chi connectivity index (χ2v) is 6.22. The van der Waals surface area contributed by atoms with E-state index in [-0.39, 0.29) is 40.6 Å². The molecule has 9 nitrogen and oxygen atoms in total. The number of ether oxygens (including phenoxy) is 1. The van der Waals surface area contributed by atoms with Crippen LogP contribution in [0.15, 0.2) is 41.0 Å². The minimum atomic E-state index is -0.565. The van der Waals surface area contributed by atoms with Gasteiger partial charge < -0.3 is 19.0 Å². The summed E-state index contributed by atoms with van der Waals surface area (Å²) in [5, 5.41) is 10.8. The fourth-order valence-electron chi connectivity index (χ4n) is 2.67. The number of furan rings is 1. The maximum absolute atomic E-state index is 12.3. The van der Waals surface area contributed by atoms with Crippen molar-refractivity contribution in [1.82, 2.24) is 9.80 Å². The minimum absolute atomic E-state index is 0.0610. The Hall–Kier alpha value is -3.07. The molecule has 1 aliphatic rings. The number of nitrogens with zero attached hydrogens (tertiary/aromatic N) is 3. The van der Waals surface area contributed by atoms with Gasteiger partial charge in [0.15, 0.2) is 12.4 Å². The monoisotopic (exact) mass is 393 g/mol. The fourth-order valence-corrected chi connectivity index (χ4v) is 2.90. The van der Waals surface area contributed by atoms with E-state index in [0.717, 1.165) is 0 Å². The van der Waals surface area contributed by atoms with E-state index in [2.05, 4.69) is 0 Å². The number of halogens is 1. The predicted octanol–water partition coefficient (Wildman–Crippen LogP) is 2.20. The van der Waals surface area contributed by atoms with E-state index < -0.39 is 4.92 Å². The van der Waals surface area contributed by atoms with Gasteiger partial charge in [-0.2, -0.15) is 0 Å². The molecule has 0 spiro atoms. The molecular weight excluding hydrogens is 378 g/mol. The Bertz CT molecular complexity index is 846. The average molecular weight is 394 g/mol. The van der Waals surface area contributed by atoms with Gasteiger partial charge in [0.05, 0.1) is 16.2 Å². The van der Waals surface area contributed by atoms with E-state index in [1.54, 1.807) is 21.9 Å². The van der Waals surface area contributed by atoms with Crippen molar-refractivity contribution in [2.45, 2.75) is 0 Å². The number of amides is 2. The lowest BCUT2D eigenvalue weighted by atomic mass is 10.3. The van der Waals surface area contributed by atoms with Crippen LogP contribution in [0.4, 0.5) is 5.69 Å². The Labute approximate surface area is 159 Å². The third kappa shape index (κ3) is 4.37. The molecule has 0 aliphatic carbocycles. The van der Waals surface area contributed by atoms with Gasteiger partial charge in [0.1, 0.15) is 5.75 Å². The summed E-state index contributed by atoms with van der Waals surface area (Å²) in [6, 6.07) is 7.02. The molecule has 27 heavy (non-hydrogen) atoms. The number of non-ortho nitro benzene ring substituents is 1. The third-order valence-electron chi connectivity index (χ3n) is 4.13. The van der Waals surface area contributed by atoms with Gasteiger partial charge in [0.2, 0.25) is 0 Å². The van der Waals surface area contributed by atoms with Gasteiger partial charge in [-0.15, -0.1) is 0 Å². The molecule has 0 radical (unpaired) electrons. The molecule has 2 amide bonds. The van der Waals surface area contributed by atoms with Crippen molar-refractivity contribution in [3.8, 4) is 5.75 Å². The van der Waals surface area contributed by atoms with E-state index >= 15 is 0 Å². The zero-order chi connectivity index (χ0) is 19.4. The molecule has 0 saturated carbocycles. The molecule has 0 bridgehead atoms. The van der Waals surface area contributed by atoms with Crippen molar-refractivity contribution in [3.05, 3.63) is 57.5 Å². The maximum Gasteiger partial charge on any atom is 0.289 e. The van der Waals surface area contributed by atoms with Gasteiger partial charge in [-0.25, -0.2) is 0 Å². The topological polar surface area (TPSA) is 106 Å². The van der Waals surface area contributed by atoms with Crippen LogP contribution < -0.4 is 4.74 Å². The quantitative estimate of drug-likeness (QED) is 0.569. The summed E-state index contributed by atoms with van der Waals surface area (Å²) in [6.45, 7) is 1.29. The van der Waals surface area contributed by atoms with Gasteiger partial charge in [0, 0.05) is 38.3 Å². The number of nitro benzene ring substituents is 1. The molecule has 2 heterocycles. The summed E-state index contributed by atoms with van der Waals surface area (Å²) in [4.78, 5) is 37.8. The highest BCUT2D eigenvalue weighted by atomic mass is 35.5. The van der Waals surface area contributed by atoms with Crippen molar-refractivity contribution in [3.63, 3.8) is 0 Å². The molecule has 0 N–H and O–H groups in total. The van der Waals surface area contributed by atoms with Crippen LogP contribution in [0.5, 0.6) is 5.75 Å². The summed E-state index contributed by atoms with van der Waals surface area (Å²) in [5.74, 6) is 0.00343. The van der Waals surface area contributed by atoms with Gasteiger partial charge in [0.25, 0.3) is 17.5 Å². The van der Waals surface area contributed by atoms with E-state index in [0.29, 0.717) is 26.2 Å². The lowest BCUT2D eigenvalue weighted by molar-refractivity contribution is -0.384. The highest BCUT2D eigenvalue weighted by molar-refractivity contribution is 6.32. The Morgan fingerprint density at radius 1 is 1.19 bits per heavy atom. The molecule has 1 aliphatic heterocycles. The van der Waals surface area contributed by atoms with Crippen molar-refractivity contribution in [2.24, 2.45) is 0 Å². The number of hydrogen-bond donors (Lipinski definition) is 0. The maximum atomic E-state index is 12.3. The molecule has 0 atom stereocenters. The highest BCUT2D eigenvalue weighted by Crippen LogP contribution is 2.28. The largest absolute Gasteiger partial charge is 0.482 e. The zero-order valence-electron chi connectivity index (χ0n) is 14.2. The van der Waals surface area contributed by atoms with Gasteiger partial charge in [-0.1, -0.05) is 11.6 Å². The van der Waals surface area contributed by atoms with Crippen LogP contribution in [0.2, 0.25) is 5.02 Å². The first kappa shape index (κ1) is 18.7. The molecular formula is C17H16ClN3O6. The molecule has 1 aromatic heterocycles. The summed E-state index contributed by atoms with van der Waals surface area (Å²) < 4.78 is 10.5. The predicted molar refractivity (Wildman–Crippen MR) is 94.8 cm³/mol. The molecule has 3 rings (SSSR count). The molecule has 1 fully saturated rings. The number of carbonyl (C=O) groups excluding carboxylic acids is 2. The first-order valence-electron chi connectivity index (χ1n) is 8.13. The number of nitro groups is 1. The SMILES string of the molecule is O=C(COc1ccc([N+](=O)[O-])cc1Cl)N1CCN(C(=O)c2ccco2)CC1. The van der Waals surface area contributed by atoms with Crippen molar-refractivity contribution >= 4 is 29.1 Å². The normalized spacial score (nSPS) is 14.1. The first-order chi connectivity index (χ1) is 13.0. The lowest BCUT2D eigenvalue weighted by Crippen LogP contribution is -2.51. The molecule has 10 heteroatoms. The third-order valence-corrected chi connectivity index (χ3v) is 4.42. The molecule has 1 aromatic carbocycles. The van der Waals surface area contributed by atoms with Crippen molar-refractivity contribution in [2.75, 3.05) is 32.8 Å². The molecule has 0 unspecified atom stereocenters. The molecule has 1 saturated heterocycles. The number of carbonyl (C=O) groups is 2. The summed E-state index contributed by atoms with van der Waals surface area (Å²) in [7, 11) is 0. The number of benzene rings is 1. The van der Waals surface area contributed by atoms with Gasteiger partial charge in [-0.05, 0) is 18.2 Å². The first-order valence-corrected chi connectivity index (χ1v) is 8.51. The Kier molecular flexibility index (Phi) is 5.60. The zero-order valence-corrected chi connectivity index (χ0v) is 14.9. The van der Waals surface area contributed by atoms with Crippen molar-refractivity contribution < 1.29 is 23.7 Å². The summed E-state index contributed by atoms with van der Waals surface area (Å²) in [6.07, 6.45) is 1.44. The number of hydrogen-bond acceptors (Lipinski definition) is 6. The minimum Gasteiger partial charge on any atom is -0.482 e. The highest BCUT2D eigenvalue weighted by Gasteiger charge is 2.26. The number of piperazine rings is 1. The van der Waals surface area contributed by atoms with Crippen LogP contribution in [0.3, 0.4) is 0 Å². The summed E-state index contributed by atoms with van der Waals surface area (Å²) >= 11 is 5.94. The average Bonchev–Trinajstić information content (AvgIpc) is 3.21. The smallest absolute Gasteiger partial charge is 0.289 e. The van der Waals surface area contributed by atoms with Gasteiger partial charge in [-0.3, -0.25) is 19.7 Å². The van der Waals surface area contributed by atoms with E-state index in [1.165, 1.54) is 24.5 Å². The van der Waals surface area contributed by atoms with Crippen LogP contribution in [0.1, 0.15) is 10.6 Å². The summed E-state index contributed by atoms with van der Waals surface area (Å²) in [5.41, 5.74) is -0.156. The number of rotatable bonds is 5. The van der Waals surface area contributed by atoms with E-state index in [4.69, 9.17) is 20.8 Å². The second-order valence-electron chi connectivity index (χ2n) is 5.81. The molecule has 2 aromatic rings. The van der Waals surface area contributed by atoms with Gasteiger partial charge >= 0.3 is 0 Å². The molecule has 142 valence electrons. The Morgan fingerprint density at radius 2 is 1.89 bits per heavy atom. The Morgan fingerprint density at radius 3 is 2.48 bits per heavy atom. The van der Waals surface area contributed by atoms with E-state index in [9.17, 15) is 19.7 Å². The van der Waals surface area contributed by atoms with Crippen LogP contribution >= 0.6 is 11.6 Å². The lowest BCUT2D eigenvalue weighted by Gasteiger charge is -2.34. The van der Waals surface area contributed by atoms with Crippen LogP contribution in [-0.2, 0) is 4.79 Å². The van der Waals surface area contributed by atoms with Crippen molar-refractivity contribution in [1.29, 1.82) is 0 Å². The standard InChI is InChI=1S/C17H16ClN3O6/c18-13-10-12(21(24)25)3-4-14(13)27-11-16(22)19-5-7-20(8-6-19)17(23)15-2-1-9-26-15/h1-4,9-10H,5-8,11H2. The van der Waals surface area contributed by atoms with Crippen LogP contribution in [0, 0.1) is 10.1 Å². The van der Waals surface area contributed by atoms with Crippen LogP contribution in [0.25, 0.3) is 0 Å². The fraction of sp³-hybridized carbons (Fsp3) is 0.294. The van der Waals surface area contributed by atoms with E-state index in [1.807, 2.05) is 0 Å². The Balaban J connectivity index is 1.50. The second kappa shape index (κ2) is 8.09. The van der Waals surface area contributed by atoms with Crippen LogP contribution in [-0.4, -0.2) is 59.3 Å².